The van der Waals surface area contributed by atoms with E-state index in [1.54, 1.807) is 11.3 Å². The van der Waals surface area contributed by atoms with Crippen LogP contribution in [0.3, 0.4) is 0 Å². The van der Waals surface area contributed by atoms with Crippen LogP contribution in [-0.2, 0) is 19.4 Å². The second-order valence-corrected chi connectivity index (χ2v) is 6.99. The van der Waals surface area contributed by atoms with E-state index in [-0.39, 0.29) is 0 Å². The molecule has 1 aromatic carbocycles. The number of aryl methyl sites for hydroxylation is 1. The van der Waals surface area contributed by atoms with Gasteiger partial charge in [0.2, 0.25) is 0 Å². The van der Waals surface area contributed by atoms with Crippen LogP contribution in [0.4, 0.5) is 0 Å². The van der Waals surface area contributed by atoms with Crippen molar-refractivity contribution in [3.05, 3.63) is 45.4 Å². The Morgan fingerprint density at radius 1 is 1.10 bits per heavy atom. The molecule has 1 N–H and O–H groups in total. The van der Waals surface area contributed by atoms with E-state index in [0.29, 0.717) is 5.92 Å². The summed E-state index contributed by atoms with van der Waals surface area (Å²) in [6.07, 6.45) is 6.16. The smallest absolute Gasteiger partial charge is 0.131 e. The number of aromatic nitrogens is 2. The average molecular weight is 285 g/mol. The van der Waals surface area contributed by atoms with E-state index in [9.17, 15) is 0 Å². The lowest BCUT2D eigenvalue weighted by molar-refractivity contribution is 0.576. The fraction of sp³-hybridized carbons (Fsp3) is 0.500. The molecule has 2 aliphatic rings. The van der Waals surface area contributed by atoms with E-state index in [2.05, 4.69) is 39.8 Å². The molecule has 0 saturated heterocycles. The van der Waals surface area contributed by atoms with Crippen LogP contribution in [0.1, 0.15) is 46.3 Å². The molecule has 1 unspecified atom stereocenters. The summed E-state index contributed by atoms with van der Waals surface area (Å²) in [4.78, 5) is 0. The first kappa shape index (κ1) is 12.5. The Hall–Kier alpha value is -1.26. The lowest BCUT2D eigenvalue weighted by Crippen LogP contribution is -2.14. The molecule has 1 fully saturated rings. The van der Waals surface area contributed by atoms with Crippen molar-refractivity contribution < 1.29 is 0 Å². The highest BCUT2D eigenvalue weighted by molar-refractivity contribution is 7.11. The van der Waals surface area contributed by atoms with Crippen molar-refractivity contribution in [1.29, 1.82) is 0 Å². The monoisotopic (exact) mass is 285 g/mol. The van der Waals surface area contributed by atoms with Gasteiger partial charge in [0, 0.05) is 18.5 Å². The van der Waals surface area contributed by atoms with E-state index < -0.39 is 0 Å². The SMILES string of the molecule is c1ccc2c(c1)CCC(c1nnc(CNC3CC3)s1)C2. The van der Waals surface area contributed by atoms with Gasteiger partial charge in [-0.15, -0.1) is 10.2 Å². The van der Waals surface area contributed by atoms with Gasteiger partial charge in [-0.2, -0.15) is 0 Å². The normalized spacial score (nSPS) is 21.7. The summed E-state index contributed by atoms with van der Waals surface area (Å²) in [5.74, 6) is 0.567. The van der Waals surface area contributed by atoms with Crippen molar-refractivity contribution in [2.24, 2.45) is 0 Å². The van der Waals surface area contributed by atoms with Gasteiger partial charge in [-0.25, -0.2) is 0 Å². The fourth-order valence-corrected chi connectivity index (χ4v) is 3.86. The second-order valence-electron chi connectivity index (χ2n) is 5.90. The standard InChI is InChI=1S/C16H19N3S/c1-2-4-12-9-13(6-5-11(12)3-1)16-19-18-15(20-16)10-17-14-7-8-14/h1-4,13-14,17H,5-10H2. The third-order valence-corrected chi connectivity index (χ3v) is 5.38. The van der Waals surface area contributed by atoms with Gasteiger partial charge in [0.15, 0.2) is 0 Å². The van der Waals surface area contributed by atoms with Gasteiger partial charge in [0.25, 0.3) is 0 Å². The van der Waals surface area contributed by atoms with E-state index >= 15 is 0 Å². The largest absolute Gasteiger partial charge is 0.308 e. The van der Waals surface area contributed by atoms with Gasteiger partial charge in [-0.05, 0) is 43.2 Å². The van der Waals surface area contributed by atoms with Gasteiger partial charge in [0.1, 0.15) is 10.0 Å². The maximum atomic E-state index is 4.44. The zero-order valence-corrected chi connectivity index (χ0v) is 12.3. The van der Waals surface area contributed by atoms with Crippen molar-refractivity contribution in [1.82, 2.24) is 15.5 Å². The first-order valence-electron chi connectivity index (χ1n) is 7.51. The van der Waals surface area contributed by atoms with Gasteiger partial charge < -0.3 is 5.32 Å². The summed E-state index contributed by atoms with van der Waals surface area (Å²) >= 11 is 1.80. The van der Waals surface area contributed by atoms with Crippen LogP contribution in [0, 0.1) is 0 Å². The van der Waals surface area contributed by atoms with E-state index in [1.807, 2.05) is 0 Å². The van der Waals surface area contributed by atoms with Crippen molar-refractivity contribution in [2.45, 2.75) is 50.6 Å². The third-order valence-electron chi connectivity index (χ3n) is 4.30. The van der Waals surface area contributed by atoms with Crippen molar-refractivity contribution in [2.75, 3.05) is 0 Å². The first-order chi connectivity index (χ1) is 9.88. The number of nitrogens with zero attached hydrogens (tertiary/aromatic N) is 2. The van der Waals surface area contributed by atoms with Crippen molar-refractivity contribution >= 4 is 11.3 Å². The summed E-state index contributed by atoms with van der Waals surface area (Å²) in [5, 5.41) is 14.7. The number of hydrogen-bond donors (Lipinski definition) is 1. The molecule has 0 amide bonds. The molecule has 0 aliphatic heterocycles. The average Bonchev–Trinajstić information content (AvgIpc) is 3.21. The Balaban J connectivity index is 1.45. The van der Waals surface area contributed by atoms with Crippen LogP contribution < -0.4 is 5.32 Å². The van der Waals surface area contributed by atoms with Gasteiger partial charge in [-0.3, -0.25) is 0 Å². The summed E-state index contributed by atoms with van der Waals surface area (Å²) in [6.45, 7) is 0.894. The van der Waals surface area contributed by atoms with Crippen LogP contribution in [-0.4, -0.2) is 16.2 Å². The second kappa shape index (κ2) is 5.26. The van der Waals surface area contributed by atoms with E-state index in [0.717, 1.165) is 24.0 Å². The minimum absolute atomic E-state index is 0.567. The molecule has 1 atom stereocenters. The van der Waals surface area contributed by atoms with E-state index in [1.165, 1.54) is 41.8 Å². The zero-order valence-electron chi connectivity index (χ0n) is 11.5. The molecule has 2 aromatic rings. The highest BCUT2D eigenvalue weighted by Gasteiger charge is 2.24. The van der Waals surface area contributed by atoms with Crippen LogP contribution in [0.5, 0.6) is 0 Å². The Labute approximate surface area is 123 Å². The predicted octanol–water partition coefficient (Wildman–Crippen LogP) is 3.06. The predicted molar refractivity (Wildman–Crippen MR) is 81.0 cm³/mol. The molecule has 0 spiro atoms. The molecule has 104 valence electrons. The number of rotatable bonds is 4. The summed E-state index contributed by atoms with van der Waals surface area (Å²) in [6, 6.07) is 9.55. The van der Waals surface area contributed by atoms with Gasteiger partial charge in [-0.1, -0.05) is 35.6 Å². The van der Waals surface area contributed by atoms with Crippen LogP contribution in [0.25, 0.3) is 0 Å². The third kappa shape index (κ3) is 2.63. The minimum Gasteiger partial charge on any atom is -0.308 e. The Morgan fingerprint density at radius 3 is 2.80 bits per heavy atom. The number of benzene rings is 1. The minimum atomic E-state index is 0.567. The lowest BCUT2D eigenvalue weighted by Gasteiger charge is -2.22. The highest BCUT2D eigenvalue weighted by Crippen LogP contribution is 2.34. The molecule has 0 radical (unpaired) electrons. The summed E-state index contributed by atoms with van der Waals surface area (Å²) in [7, 11) is 0. The molecule has 0 bridgehead atoms. The zero-order chi connectivity index (χ0) is 13.4. The van der Waals surface area contributed by atoms with Crippen LogP contribution in [0.2, 0.25) is 0 Å². The summed E-state index contributed by atoms with van der Waals surface area (Å²) in [5.41, 5.74) is 3.01. The van der Waals surface area contributed by atoms with Crippen LogP contribution >= 0.6 is 11.3 Å². The molecule has 3 nitrogen and oxygen atoms in total. The van der Waals surface area contributed by atoms with Crippen molar-refractivity contribution in [3.8, 4) is 0 Å². The quantitative estimate of drug-likeness (QED) is 0.938. The topological polar surface area (TPSA) is 37.8 Å². The maximum Gasteiger partial charge on any atom is 0.131 e. The molecule has 1 saturated carbocycles. The molecule has 20 heavy (non-hydrogen) atoms. The number of fused-ring (bicyclic) bond motifs is 1. The molecule has 1 aromatic heterocycles. The molecule has 1 heterocycles. The first-order valence-corrected chi connectivity index (χ1v) is 8.32. The van der Waals surface area contributed by atoms with Gasteiger partial charge in [0.05, 0.1) is 0 Å². The van der Waals surface area contributed by atoms with Gasteiger partial charge >= 0.3 is 0 Å². The van der Waals surface area contributed by atoms with E-state index in [4.69, 9.17) is 0 Å². The number of nitrogens with one attached hydrogen (secondary N) is 1. The molecular formula is C16H19N3S. The maximum absolute atomic E-state index is 4.44. The highest BCUT2D eigenvalue weighted by atomic mass is 32.1. The van der Waals surface area contributed by atoms with Crippen LogP contribution in [0.15, 0.2) is 24.3 Å². The Kier molecular flexibility index (Phi) is 3.28. The molecule has 4 rings (SSSR count). The Bertz CT molecular complexity index is 603. The molecular weight excluding hydrogens is 266 g/mol. The lowest BCUT2D eigenvalue weighted by atomic mass is 9.84. The number of hydrogen-bond acceptors (Lipinski definition) is 4. The molecule has 4 heteroatoms. The Morgan fingerprint density at radius 2 is 1.95 bits per heavy atom. The fourth-order valence-electron chi connectivity index (χ4n) is 2.93. The summed E-state index contributed by atoms with van der Waals surface area (Å²) < 4.78 is 0. The van der Waals surface area contributed by atoms with Crippen molar-refractivity contribution in [3.63, 3.8) is 0 Å². The molecule has 2 aliphatic carbocycles.